The molecule has 20 heavy (non-hydrogen) atoms. The Morgan fingerprint density at radius 3 is 2.70 bits per heavy atom. The average molecular weight is 282 g/mol. The Morgan fingerprint density at radius 1 is 1.45 bits per heavy atom. The molecule has 0 aromatic carbocycles. The van der Waals surface area contributed by atoms with Crippen molar-refractivity contribution in [3.63, 3.8) is 0 Å². The van der Waals surface area contributed by atoms with Gasteiger partial charge in [-0.25, -0.2) is 4.79 Å². The zero-order chi connectivity index (χ0) is 15.2. The molecule has 0 aliphatic carbocycles. The molecule has 1 unspecified atom stereocenters. The largest absolute Gasteiger partial charge is 0.444 e. The number of alkyl carbamates (subject to hydrolysis) is 1. The van der Waals surface area contributed by atoms with Crippen LogP contribution in [0.15, 0.2) is 12.4 Å². The van der Waals surface area contributed by atoms with E-state index in [4.69, 9.17) is 4.74 Å². The highest BCUT2D eigenvalue weighted by molar-refractivity contribution is 5.67. The van der Waals surface area contributed by atoms with Crippen molar-refractivity contribution in [1.29, 1.82) is 0 Å². The van der Waals surface area contributed by atoms with Crippen molar-refractivity contribution in [3.05, 3.63) is 18.0 Å². The van der Waals surface area contributed by atoms with Crippen LogP contribution in [0.4, 0.5) is 4.79 Å². The Morgan fingerprint density at radius 2 is 2.15 bits per heavy atom. The van der Waals surface area contributed by atoms with Crippen molar-refractivity contribution >= 4 is 6.09 Å². The van der Waals surface area contributed by atoms with Crippen LogP contribution in [0.2, 0.25) is 0 Å². The minimum Gasteiger partial charge on any atom is -0.444 e. The smallest absolute Gasteiger partial charge is 0.407 e. The van der Waals surface area contributed by atoms with Crippen LogP contribution in [0.25, 0.3) is 0 Å². The fourth-order valence-corrected chi connectivity index (χ4v) is 1.69. The number of nitrogens with one attached hydrogen (secondary N) is 2. The van der Waals surface area contributed by atoms with Gasteiger partial charge in [-0.05, 0) is 40.7 Å². The molecule has 0 aliphatic rings. The molecule has 1 aromatic heterocycles. The van der Waals surface area contributed by atoms with Gasteiger partial charge in [-0.1, -0.05) is 0 Å². The molecular formula is C14H26N4O2. The van der Waals surface area contributed by atoms with Crippen LogP contribution < -0.4 is 10.6 Å². The summed E-state index contributed by atoms with van der Waals surface area (Å²) in [6.07, 6.45) is 4.34. The minimum absolute atomic E-state index is 0.255. The molecule has 114 valence electrons. The van der Waals surface area contributed by atoms with E-state index in [-0.39, 0.29) is 12.1 Å². The second kappa shape index (κ2) is 7.28. The third-order valence-electron chi connectivity index (χ3n) is 2.70. The fourth-order valence-electron chi connectivity index (χ4n) is 1.69. The summed E-state index contributed by atoms with van der Waals surface area (Å²) in [6, 6.07) is 0.255. The highest BCUT2D eigenvalue weighted by Crippen LogP contribution is 2.09. The van der Waals surface area contributed by atoms with Gasteiger partial charge < -0.3 is 15.4 Å². The van der Waals surface area contributed by atoms with Gasteiger partial charge in [0.15, 0.2) is 0 Å². The number of carbonyl (C=O) groups is 1. The van der Waals surface area contributed by atoms with Crippen LogP contribution in [-0.4, -0.2) is 34.6 Å². The summed E-state index contributed by atoms with van der Waals surface area (Å²) in [7, 11) is 1.90. The number of nitrogens with zero attached hydrogens (tertiary/aromatic N) is 2. The SMILES string of the molecule is CC(NCCCNC(=O)OC(C)(C)C)c1cnn(C)c1. The van der Waals surface area contributed by atoms with Gasteiger partial charge in [0.1, 0.15) is 5.60 Å². The summed E-state index contributed by atoms with van der Waals surface area (Å²) in [5.41, 5.74) is 0.713. The molecule has 0 spiro atoms. The van der Waals surface area contributed by atoms with Crippen LogP contribution in [-0.2, 0) is 11.8 Å². The van der Waals surface area contributed by atoms with E-state index in [1.54, 1.807) is 4.68 Å². The maximum Gasteiger partial charge on any atom is 0.407 e. The number of hydrogen-bond acceptors (Lipinski definition) is 4. The molecule has 0 bridgehead atoms. The quantitative estimate of drug-likeness (QED) is 0.783. The Kier molecular flexibility index (Phi) is 6.01. The topological polar surface area (TPSA) is 68.2 Å². The average Bonchev–Trinajstić information content (AvgIpc) is 2.73. The van der Waals surface area contributed by atoms with E-state index in [9.17, 15) is 4.79 Å². The Hall–Kier alpha value is -1.56. The first kappa shape index (κ1) is 16.5. The van der Waals surface area contributed by atoms with E-state index in [0.29, 0.717) is 6.54 Å². The van der Waals surface area contributed by atoms with Gasteiger partial charge in [0, 0.05) is 31.4 Å². The molecule has 0 aliphatic heterocycles. The summed E-state index contributed by atoms with van der Waals surface area (Å²) in [6.45, 7) is 9.07. The van der Waals surface area contributed by atoms with Crippen molar-refractivity contribution in [2.24, 2.45) is 7.05 Å². The molecule has 6 heteroatoms. The van der Waals surface area contributed by atoms with Crippen LogP contribution in [0.5, 0.6) is 0 Å². The lowest BCUT2D eigenvalue weighted by Gasteiger charge is -2.19. The molecule has 0 fully saturated rings. The molecule has 1 heterocycles. The molecule has 1 atom stereocenters. The van der Waals surface area contributed by atoms with E-state index in [2.05, 4.69) is 22.7 Å². The van der Waals surface area contributed by atoms with Crippen LogP contribution in [0, 0.1) is 0 Å². The van der Waals surface area contributed by atoms with E-state index in [1.807, 2.05) is 40.2 Å². The number of rotatable bonds is 6. The van der Waals surface area contributed by atoms with Gasteiger partial charge in [0.2, 0.25) is 0 Å². The molecule has 0 saturated heterocycles. The predicted octanol–water partition coefficient (Wildman–Crippen LogP) is 1.99. The summed E-state index contributed by atoms with van der Waals surface area (Å²) in [5.74, 6) is 0. The summed E-state index contributed by atoms with van der Waals surface area (Å²) < 4.78 is 6.95. The second-order valence-electron chi connectivity index (χ2n) is 5.91. The highest BCUT2D eigenvalue weighted by atomic mass is 16.6. The summed E-state index contributed by atoms with van der Waals surface area (Å²) >= 11 is 0. The molecule has 0 radical (unpaired) electrons. The molecule has 1 amide bonds. The maximum absolute atomic E-state index is 11.4. The normalized spacial score (nSPS) is 13.1. The minimum atomic E-state index is -0.447. The highest BCUT2D eigenvalue weighted by Gasteiger charge is 2.15. The molecule has 2 N–H and O–H groups in total. The first-order valence-corrected chi connectivity index (χ1v) is 6.97. The first-order valence-electron chi connectivity index (χ1n) is 6.97. The number of aromatic nitrogens is 2. The predicted molar refractivity (Wildman–Crippen MR) is 78.5 cm³/mol. The third kappa shape index (κ3) is 6.56. The number of aryl methyl sites for hydroxylation is 1. The lowest BCUT2D eigenvalue weighted by atomic mass is 10.2. The third-order valence-corrected chi connectivity index (χ3v) is 2.70. The Balaban J connectivity index is 2.12. The monoisotopic (exact) mass is 282 g/mol. The van der Waals surface area contributed by atoms with Crippen molar-refractivity contribution in [1.82, 2.24) is 20.4 Å². The number of ether oxygens (including phenoxy) is 1. The lowest BCUT2D eigenvalue weighted by molar-refractivity contribution is 0.0527. The summed E-state index contributed by atoms with van der Waals surface area (Å²) in [5, 5.41) is 10.3. The van der Waals surface area contributed by atoms with Crippen LogP contribution in [0.1, 0.15) is 45.7 Å². The van der Waals surface area contributed by atoms with Crippen LogP contribution >= 0.6 is 0 Å². The number of amides is 1. The molecule has 0 saturated carbocycles. The van der Waals surface area contributed by atoms with Crippen molar-refractivity contribution < 1.29 is 9.53 Å². The molecule has 1 rings (SSSR count). The Bertz CT molecular complexity index is 423. The molecule has 1 aromatic rings. The van der Waals surface area contributed by atoms with E-state index in [0.717, 1.165) is 18.5 Å². The van der Waals surface area contributed by atoms with Gasteiger partial charge in [-0.2, -0.15) is 5.10 Å². The number of carbonyl (C=O) groups excluding carboxylic acids is 1. The van der Waals surface area contributed by atoms with Gasteiger partial charge >= 0.3 is 6.09 Å². The Labute approximate surface area is 120 Å². The van der Waals surface area contributed by atoms with Crippen molar-refractivity contribution in [3.8, 4) is 0 Å². The standard InChI is InChI=1S/C14H26N4O2/c1-11(12-9-17-18(5)10-12)15-7-6-8-16-13(19)20-14(2,3)4/h9-11,15H,6-8H2,1-5H3,(H,16,19). The fraction of sp³-hybridized carbons (Fsp3) is 0.714. The summed E-state index contributed by atoms with van der Waals surface area (Å²) in [4.78, 5) is 11.4. The van der Waals surface area contributed by atoms with Gasteiger partial charge in [0.25, 0.3) is 0 Å². The van der Waals surface area contributed by atoms with Crippen molar-refractivity contribution in [2.75, 3.05) is 13.1 Å². The van der Waals surface area contributed by atoms with Crippen LogP contribution in [0.3, 0.4) is 0 Å². The van der Waals surface area contributed by atoms with E-state index in [1.165, 1.54) is 0 Å². The zero-order valence-corrected chi connectivity index (χ0v) is 13.1. The van der Waals surface area contributed by atoms with E-state index >= 15 is 0 Å². The van der Waals surface area contributed by atoms with E-state index < -0.39 is 5.60 Å². The van der Waals surface area contributed by atoms with Gasteiger partial charge in [-0.3, -0.25) is 4.68 Å². The maximum atomic E-state index is 11.4. The van der Waals surface area contributed by atoms with Gasteiger partial charge in [-0.15, -0.1) is 0 Å². The van der Waals surface area contributed by atoms with Gasteiger partial charge in [0.05, 0.1) is 6.20 Å². The lowest BCUT2D eigenvalue weighted by Crippen LogP contribution is -2.34. The first-order chi connectivity index (χ1) is 9.28. The second-order valence-corrected chi connectivity index (χ2v) is 5.91. The molecule has 6 nitrogen and oxygen atoms in total. The molecular weight excluding hydrogens is 256 g/mol. The number of hydrogen-bond donors (Lipinski definition) is 2. The zero-order valence-electron chi connectivity index (χ0n) is 13.1. The van der Waals surface area contributed by atoms with Crippen molar-refractivity contribution in [2.45, 2.75) is 45.8 Å².